The summed E-state index contributed by atoms with van der Waals surface area (Å²) >= 11 is 3.69. The van der Waals surface area contributed by atoms with E-state index in [4.69, 9.17) is 0 Å². The summed E-state index contributed by atoms with van der Waals surface area (Å²) in [7, 11) is 2.12. The summed E-state index contributed by atoms with van der Waals surface area (Å²) in [4.78, 5) is 4.04. The van der Waals surface area contributed by atoms with E-state index >= 15 is 0 Å². The molecule has 0 bridgehead atoms. The van der Waals surface area contributed by atoms with Crippen LogP contribution >= 0.6 is 23.1 Å². The number of thiophene rings is 1. The van der Waals surface area contributed by atoms with Crippen molar-refractivity contribution in [1.29, 1.82) is 0 Å². The molecule has 5 rings (SSSR count). The molecule has 4 aromatic rings. The predicted molar refractivity (Wildman–Crippen MR) is 126 cm³/mol. The number of likely N-dealkylation sites (tertiary alicyclic amines) is 1. The van der Waals surface area contributed by atoms with E-state index in [1.807, 2.05) is 11.3 Å². The highest BCUT2D eigenvalue weighted by Crippen LogP contribution is 2.31. The molecule has 0 radical (unpaired) electrons. The lowest BCUT2D eigenvalue weighted by molar-refractivity contribution is 0.196. The van der Waals surface area contributed by atoms with E-state index in [9.17, 15) is 0 Å². The van der Waals surface area contributed by atoms with Gasteiger partial charge in [-0.2, -0.15) is 0 Å². The second-order valence-corrected chi connectivity index (χ2v) is 10.1. The summed E-state index contributed by atoms with van der Waals surface area (Å²) in [5.74, 6) is 2.51. The van der Waals surface area contributed by atoms with E-state index in [1.54, 1.807) is 11.8 Å². The Morgan fingerprint density at radius 1 is 1.07 bits per heavy atom. The van der Waals surface area contributed by atoms with E-state index in [2.05, 4.69) is 87.4 Å². The highest BCUT2D eigenvalue weighted by Gasteiger charge is 2.26. The average Bonchev–Trinajstić information content (AvgIpc) is 3.35. The lowest BCUT2D eigenvalue weighted by atomic mass is 9.97. The van der Waals surface area contributed by atoms with Crippen molar-refractivity contribution in [3.8, 4) is 0 Å². The highest BCUT2D eigenvalue weighted by molar-refractivity contribution is 7.98. The largest absolute Gasteiger partial charge is 0.309 e. The lowest BCUT2D eigenvalue weighted by Crippen LogP contribution is -2.34. The van der Waals surface area contributed by atoms with Gasteiger partial charge in [0.05, 0.1) is 0 Å². The van der Waals surface area contributed by atoms with Gasteiger partial charge in [-0.25, -0.2) is 0 Å². The van der Waals surface area contributed by atoms with Gasteiger partial charge in [-0.05, 0) is 42.5 Å². The van der Waals surface area contributed by atoms with Gasteiger partial charge in [0.25, 0.3) is 0 Å². The average molecular weight is 435 g/mol. The summed E-state index contributed by atoms with van der Waals surface area (Å²) in [5, 5.41) is 11.5. The summed E-state index contributed by atoms with van der Waals surface area (Å²) in [5.41, 5.74) is 1.32. The van der Waals surface area contributed by atoms with Gasteiger partial charge in [0.1, 0.15) is 5.82 Å². The van der Waals surface area contributed by atoms with E-state index in [-0.39, 0.29) is 0 Å². The van der Waals surface area contributed by atoms with Crippen molar-refractivity contribution in [1.82, 2.24) is 19.7 Å². The Morgan fingerprint density at radius 2 is 1.90 bits per heavy atom. The van der Waals surface area contributed by atoms with Crippen LogP contribution in [0.1, 0.15) is 35.0 Å². The molecule has 154 valence electrons. The maximum Gasteiger partial charge on any atom is 0.191 e. The van der Waals surface area contributed by atoms with Crippen molar-refractivity contribution in [3.63, 3.8) is 0 Å². The number of thioether (sulfide) groups is 1. The van der Waals surface area contributed by atoms with Crippen molar-refractivity contribution in [2.75, 3.05) is 13.1 Å². The quantitative estimate of drug-likeness (QED) is 0.365. The number of aromatic nitrogens is 3. The Labute approximate surface area is 185 Å². The van der Waals surface area contributed by atoms with Crippen LogP contribution in [0.25, 0.3) is 10.1 Å². The number of hydrogen-bond acceptors (Lipinski definition) is 5. The van der Waals surface area contributed by atoms with Gasteiger partial charge < -0.3 is 4.57 Å². The molecule has 30 heavy (non-hydrogen) atoms. The minimum absolute atomic E-state index is 0.455. The molecule has 0 N–H and O–H groups in total. The normalized spacial score (nSPS) is 17.6. The van der Waals surface area contributed by atoms with Crippen LogP contribution in [0.3, 0.4) is 0 Å². The maximum atomic E-state index is 4.60. The predicted octanol–water partition coefficient (Wildman–Crippen LogP) is 5.70. The van der Waals surface area contributed by atoms with Gasteiger partial charge in [0.15, 0.2) is 5.16 Å². The first-order valence-corrected chi connectivity index (χ1v) is 12.3. The van der Waals surface area contributed by atoms with Crippen LogP contribution in [-0.4, -0.2) is 32.8 Å². The molecule has 2 aromatic carbocycles. The van der Waals surface area contributed by atoms with Crippen LogP contribution in [0.5, 0.6) is 0 Å². The fourth-order valence-corrected chi connectivity index (χ4v) is 6.26. The van der Waals surface area contributed by atoms with Crippen LogP contribution in [0.15, 0.2) is 65.8 Å². The number of piperidine rings is 1. The highest BCUT2D eigenvalue weighted by atomic mass is 32.2. The van der Waals surface area contributed by atoms with Gasteiger partial charge in [-0.15, -0.1) is 21.5 Å². The maximum absolute atomic E-state index is 4.60. The van der Waals surface area contributed by atoms with Gasteiger partial charge in [0, 0.05) is 41.4 Å². The van der Waals surface area contributed by atoms with Crippen molar-refractivity contribution in [3.05, 3.63) is 76.9 Å². The van der Waals surface area contributed by atoms with E-state index in [0.717, 1.165) is 36.4 Å². The van der Waals surface area contributed by atoms with Gasteiger partial charge in [-0.3, -0.25) is 4.90 Å². The standard InChI is InChI=1S/C24H26N4S2/c1-27-23(25-26-24(27)29-17-18-8-3-2-4-9-18)20-11-7-13-28(15-20)16-21-14-19-10-5-6-12-22(19)30-21/h2-6,8-10,12,14,20H,7,11,13,15-17H2,1H3. The zero-order valence-electron chi connectivity index (χ0n) is 17.2. The molecular weight excluding hydrogens is 408 g/mol. The molecule has 1 fully saturated rings. The Kier molecular flexibility index (Phi) is 5.88. The van der Waals surface area contributed by atoms with Crippen molar-refractivity contribution in [2.45, 2.75) is 36.2 Å². The Bertz CT molecular complexity index is 1090. The first-order valence-electron chi connectivity index (χ1n) is 10.5. The molecule has 2 aromatic heterocycles. The van der Waals surface area contributed by atoms with Crippen LogP contribution in [0.4, 0.5) is 0 Å². The van der Waals surface area contributed by atoms with Crippen LogP contribution < -0.4 is 0 Å². The third kappa shape index (κ3) is 4.31. The molecule has 0 amide bonds. The summed E-state index contributed by atoms with van der Waals surface area (Å²) < 4.78 is 3.59. The zero-order valence-corrected chi connectivity index (χ0v) is 18.8. The molecule has 1 saturated heterocycles. The second-order valence-electron chi connectivity index (χ2n) is 8.00. The van der Waals surface area contributed by atoms with Crippen LogP contribution in [0.2, 0.25) is 0 Å². The molecule has 3 heterocycles. The fourth-order valence-electron chi connectivity index (χ4n) is 4.27. The van der Waals surface area contributed by atoms with Crippen LogP contribution in [0, 0.1) is 0 Å². The van der Waals surface area contributed by atoms with E-state index < -0.39 is 0 Å². The summed E-state index contributed by atoms with van der Waals surface area (Å²) in [6.45, 7) is 3.26. The van der Waals surface area contributed by atoms with Gasteiger partial charge >= 0.3 is 0 Å². The lowest BCUT2D eigenvalue weighted by Gasteiger charge is -2.31. The molecular formula is C24H26N4S2. The van der Waals surface area contributed by atoms with Crippen LogP contribution in [-0.2, 0) is 19.3 Å². The first-order chi connectivity index (χ1) is 14.8. The molecule has 1 aliphatic rings. The molecule has 1 aliphatic heterocycles. The second kappa shape index (κ2) is 8.92. The number of benzene rings is 2. The molecule has 0 aliphatic carbocycles. The Balaban J connectivity index is 1.25. The minimum Gasteiger partial charge on any atom is -0.309 e. The van der Waals surface area contributed by atoms with Crippen molar-refractivity contribution >= 4 is 33.2 Å². The smallest absolute Gasteiger partial charge is 0.191 e. The summed E-state index contributed by atoms with van der Waals surface area (Å²) in [6.07, 6.45) is 2.41. The minimum atomic E-state index is 0.455. The number of nitrogens with zero attached hydrogens (tertiary/aromatic N) is 4. The number of hydrogen-bond donors (Lipinski definition) is 0. The molecule has 1 atom stereocenters. The third-order valence-corrected chi connectivity index (χ3v) is 8.00. The van der Waals surface area contributed by atoms with Gasteiger partial charge in [-0.1, -0.05) is 60.3 Å². The zero-order chi connectivity index (χ0) is 20.3. The number of fused-ring (bicyclic) bond motifs is 1. The van der Waals surface area contributed by atoms with Crippen molar-refractivity contribution < 1.29 is 0 Å². The SMILES string of the molecule is Cn1c(SCc2ccccc2)nnc1C1CCCN(Cc2cc3ccccc3s2)C1. The van der Waals surface area contributed by atoms with E-state index in [1.165, 1.54) is 33.4 Å². The Morgan fingerprint density at radius 3 is 2.77 bits per heavy atom. The fraction of sp³-hybridized carbons (Fsp3) is 0.333. The van der Waals surface area contributed by atoms with Crippen molar-refractivity contribution in [2.24, 2.45) is 7.05 Å². The molecule has 4 nitrogen and oxygen atoms in total. The molecule has 0 saturated carbocycles. The molecule has 6 heteroatoms. The molecule has 0 spiro atoms. The monoisotopic (exact) mass is 434 g/mol. The first kappa shape index (κ1) is 19.8. The third-order valence-electron chi connectivity index (χ3n) is 5.81. The Hall–Kier alpha value is -2.15. The van der Waals surface area contributed by atoms with E-state index in [0.29, 0.717) is 5.92 Å². The summed E-state index contributed by atoms with van der Waals surface area (Å²) in [6, 6.07) is 21.6. The number of rotatable bonds is 6. The topological polar surface area (TPSA) is 34.0 Å². The molecule has 1 unspecified atom stereocenters. The van der Waals surface area contributed by atoms with Gasteiger partial charge in [0.2, 0.25) is 0 Å².